The van der Waals surface area contributed by atoms with Crippen molar-refractivity contribution in [2.75, 3.05) is 13.8 Å². The number of likely N-dealkylation sites (N-methyl/N-ethyl adjacent to an activating group) is 1. The number of carbonyl (C=O) groups excluding carboxylic acids is 4. The number of piperazine rings is 1. The minimum absolute atomic E-state index is 0.0336. The normalized spacial score (nSPS) is 26.8. The van der Waals surface area contributed by atoms with Gasteiger partial charge in [0.25, 0.3) is 11.8 Å². The van der Waals surface area contributed by atoms with Crippen LogP contribution in [0.3, 0.4) is 0 Å². The van der Waals surface area contributed by atoms with E-state index in [9.17, 15) is 24.4 Å². The largest absolute Gasteiger partial charge is 0.454 e. The molecule has 0 saturated carbocycles. The second kappa shape index (κ2) is 11.6. The lowest BCUT2D eigenvalue weighted by atomic mass is 9.79. The molecule has 11 heteroatoms. The van der Waals surface area contributed by atoms with Crippen molar-refractivity contribution in [1.82, 2.24) is 9.80 Å². The van der Waals surface area contributed by atoms with Gasteiger partial charge in [0.15, 0.2) is 31.5 Å². The predicted octanol–water partition coefficient (Wildman–Crippen LogP) is 5.11. The van der Waals surface area contributed by atoms with Gasteiger partial charge in [-0.1, -0.05) is 66.7 Å². The molecular weight excluding hydrogens is 611 g/mol. The first-order valence-corrected chi connectivity index (χ1v) is 16.1. The van der Waals surface area contributed by atoms with Crippen LogP contribution in [0, 0.1) is 16.7 Å². The highest BCUT2D eigenvalue weighted by Crippen LogP contribution is 2.62. The molecule has 0 bridgehead atoms. The molecule has 2 saturated heterocycles. The van der Waals surface area contributed by atoms with Crippen molar-refractivity contribution >= 4 is 45.6 Å². The lowest BCUT2D eigenvalue weighted by Crippen LogP contribution is -2.71. The van der Waals surface area contributed by atoms with E-state index >= 15 is 0 Å². The second-order valence-electron chi connectivity index (χ2n) is 11.8. The number of rotatable bonds is 7. The Morgan fingerprint density at radius 3 is 2.04 bits per heavy atom. The molecule has 0 aromatic heterocycles. The van der Waals surface area contributed by atoms with Gasteiger partial charge in [-0.2, -0.15) is 5.26 Å². The van der Waals surface area contributed by atoms with Crippen molar-refractivity contribution in [3.05, 3.63) is 95.6 Å². The Hall–Kier alpha value is -4.27. The smallest absolute Gasteiger partial charge is 0.261 e. The van der Waals surface area contributed by atoms with E-state index in [4.69, 9.17) is 9.47 Å². The first kappa shape index (κ1) is 30.7. The molecular formula is C34H31N3O6S2. The number of ether oxygens (including phenoxy) is 2. The van der Waals surface area contributed by atoms with Crippen molar-refractivity contribution in [2.45, 2.75) is 48.9 Å². The first-order valence-electron chi connectivity index (χ1n) is 14.5. The van der Waals surface area contributed by atoms with Crippen molar-refractivity contribution in [2.24, 2.45) is 5.41 Å². The summed E-state index contributed by atoms with van der Waals surface area (Å²) in [6.45, 7) is 3.30. The van der Waals surface area contributed by atoms with E-state index in [1.807, 2.05) is 60.7 Å². The Labute approximate surface area is 269 Å². The number of amides is 2. The summed E-state index contributed by atoms with van der Waals surface area (Å²) >= 11 is 1.57. The van der Waals surface area contributed by atoms with Crippen LogP contribution in [0.15, 0.2) is 78.9 Å². The SMILES string of the molecule is CN1C(=O)[C@@]2(SC(=O)Cc3ccccc3)C[C@](C)(C#N)[C@H](c3ccc4c(c3)OCO4)N2C(=O)[C@]1(C)SC(=O)Cc1ccccc1. The van der Waals surface area contributed by atoms with Crippen LogP contribution >= 0.6 is 23.5 Å². The number of benzene rings is 3. The average Bonchev–Trinajstić information content (AvgIpc) is 3.60. The first-order chi connectivity index (χ1) is 21.5. The molecule has 6 rings (SSSR count). The molecule has 3 aliphatic rings. The summed E-state index contributed by atoms with van der Waals surface area (Å²) in [5, 5.41) is 10.0. The fraction of sp³-hybridized carbons (Fsp3) is 0.324. The van der Waals surface area contributed by atoms with Gasteiger partial charge in [-0.05, 0) is 66.2 Å². The second-order valence-corrected chi connectivity index (χ2v) is 14.6. The summed E-state index contributed by atoms with van der Waals surface area (Å²) in [7, 11) is 1.49. The molecule has 9 nitrogen and oxygen atoms in total. The van der Waals surface area contributed by atoms with Crippen molar-refractivity contribution in [3.63, 3.8) is 0 Å². The highest BCUT2D eigenvalue weighted by atomic mass is 32.2. The van der Waals surface area contributed by atoms with E-state index < -0.39 is 33.0 Å². The number of thioether (sulfide) groups is 2. The molecule has 3 aromatic carbocycles. The fourth-order valence-corrected chi connectivity index (χ4v) is 8.99. The van der Waals surface area contributed by atoms with Crippen LogP contribution in [-0.2, 0) is 32.0 Å². The molecule has 3 aromatic rings. The maximum absolute atomic E-state index is 14.9. The molecule has 230 valence electrons. The maximum atomic E-state index is 14.9. The summed E-state index contributed by atoms with van der Waals surface area (Å²) in [5.74, 6) is -0.0543. The third kappa shape index (κ3) is 5.26. The number of hydrogen-bond donors (Lipinski definition) is 0. The predicted molar refractivity (Wildman–Crippen MR) is 170 cm³/mol. The number of nitrogens with zero attached hydrogens (tertiary/aromatic N) is 3. The molecule has 3 aliphatic heterocycles. The molecule has 0 spiro atoms. The summed E-state index contributed by atoms with van der Waals surface area (Å²) in [5.41, 5.74) is 0.837. The minimum Gasteiger partial charge on any atom is -0.454 e. The topological polar surface area (TPSA) is 117 Å². The molecule has 2 amide bonds. The van der Waals surface area contributed by atoms with Gasteiger partial charge in [0.1, 0.15) is 0 Å². The Morgan fingerprint density at radius 2 is 1.44 bits per heavy atom. The van der Waals surface area contributed by atoms with Gasteiger partial charge < -0.3 is 19.3 Å². The van der Waals surface area contributed by atoms with Crippen LogP contribution in [0.1, 0.15) is 43.0 Å². The Balaban J connectivity index is 1.44. The third-order valence-electron chi connectivity index (χ3n) is 8.70. The lowest BCUT2D eigenvalue weighted by molar-refractivity contribution is -0.163. The van der Waals surface area contributed by atoms with Gasteiger partial charge in [0.05, 0.1) is 17.5 Å². The molecule has 0 unspecified atom stereocenters. The molecule has 0 N–H and O–H groups in total. The number of carbonyl (C=O) groups is 4. The Kier molecular flexibility index (Phi) is 7.91. The van der Waals surface area contributed by atoms with Crippen LogP contribution in [0.5, 0.6) is 11.5 Å². The van der Waals surface area contributed by atoms with Crippen molar-refractivity contribution < 1.29 is 28.7 Å². The van der Waals surface area contributed by atoms with Gasteiger partial charge in [0, 0.05) is 26.3 Å². The lowest BCUT2D eigenvalue weighted by Gasteiger charge is -2.52. The maximum Gasteiger partial charge on any atom is 0.261 e. The van der Waals surface area contributed by atoms with Gasteiger partial charge in [0.2, 0.25) is 6.79 Å². The molecule has 4 atom stereocenters. The molecule has 45 heavy (non-hydrogen) atoms. The van der Waals surface area contributed by atoms with E-state index in [2.05, 4.69) is 6.07 Å². The third-order valence-corrected chi connectivity index (χ3v) is 11.1. The minimum atomic E-state index is -1.72. The summed E-state index contributed by atoms with van der Waals surface area (Å²) in [6.07, 6.45) is 0.00755. The monoisotopic (exact) mass is 641 g/mol. The van der Waals surface area contributed by atoms with Crippen molar-refractivity contribution in [1.29, 1.82) is 5.26 Å². The average molecular weight is 642 g/mol. The van der Waals surface area contributed by atoms with E-state index in [1.165, 1.54) is 16.8 Å². The van der Waals surface area contributed by atoms with Gasteiger partial charge in [-0.3, -0.25) is 19.2 Å². The Morgan fingerprint density at radius 1 is 0.867 bits per heavy atom. The molecule has 2 fully saturated rings. The van der Waals surface area contributed by atoms with E-state index in [1.54, 1.807) is 32.0 Å². The standard InChI is InChI=1S/C34H31N3O6S2/c1-32(20-35)19-34(45-28(39)17-23-12-8-5-9-13-23)31(41)36(3)33(2,44-27(38)16-22-10-6-4-7-11-22)30(40)37(34)29(32)24-14-15-25-26(18-24)43-21-42-25/h4-15,18,29H,16-17,19,21H2,1-3H3/t29-,32+,33-,34-/m0/s1. The van der Waals surface area contributed by atoms with E-state index in [0.29, 0.717) is 17.1 Å². The zero-order valence-corrected chi connectivity index (χ0v) is 26.7. The summed E-state index contributed by atoms with van der Waals surface area (Å²) < 4.78 is 11.1. The zero-order valence-electron chi connectivity index (χ0n) is 25.0. The van der Waals surface area contributed by atoms with Gasteiger partial charge in [-0.25, -0.2) is 0 Å². The van der Waals surface area contributed by atoms with Crippen LogP contribution in [-0.4, -0.2) is 55.4 Å². The van der Waals surface area contributed by atoms with Crippen LogP contribution in [0.4, 0.5) is 0 Å². The fourth-order valence-electron chi connectivity index (χ4n) is 6.40. The number of fused-ring (bicyclic) bond motifs is 2. The van der Waals surface area contributed by atoms with Gasteiger partial charge in [-0.15, -0.1) is 0 Å². The van der Waals surface area contributed by atoms with Crippen LogP contribution in [0.2, 0.25) is 0 Å². The van der Waals surface area contributed by atoms with Crippen molar-refractivity contribution in [3.8, 4) is 17.6 Å². The molecule has 0 aliphatic carbocycles. The molecule has 0 radical (unpaired) electrons. The summed E-state index contributed by atoms with van der Waals surface area (Å²) in [6, 6.07) is 25.0. The highest BCUT2D eigenvalue weighted by molar-refractivity contribution is 8.16. The highest BCUT2D eigenvalue weighted by Gasteiger charge is 2.71. The van der Waals surface area contributed by atoms with Gasteiger partial charge >= 0.3 is 0 Å². The van der Waals surface area contributed by atoms with E-state index in [0.717, 1.165) is 34.7 Å². The summed E-state index contributed by atoms with van der Waals surface area (Å²) in [4.78, 5) is 56.0. The zero-order chi connectivity index (χ0) is 32.0. The quantitative estimate of drug-likeness (QED) is 0.347. The Bertz CT molecular complexity index is 1730. The molecule has 3 heterocycles. The van der Waals surface area contributed by atoms with E-state index in [-0.39, 0.29) is 36.3 Å². The van der Waals surface area contributed by atoms with Crippen LogP contribution < -0.4 is 9.47 Å². The number of nitriles is 1. The van der Waals surface area contributed by atoms with Crippen LogP contribution in [0.25, 0.3) is 0 Å². The number of hydrogen-bond acceptors (Lipinski definition) is 9.